The van der Waals surface area contributed by atoms with Gasteiger partial charge in [0.25, 0.3) is 0 Å². The van der Waals surface area contributed by atoms with E-state index in [4.69, 9.17) is 4.84 Å². The fourth-order valence-electron chi connectivity index (χ4n) is 0.521. The summed E-state index contributed by atoms with van der Waals surface area (Å²) in [6.45, 7) is 3.91. The van der Waals surface area contributed by atoms with E-state index in [0.717, 1.165) is 11.3 Å². The SMILES string of the molecule is CC1=CC=CON=C1C. The molecule has 0 aromatic rings. The second kappa shape index (κ2) is 2.49. The molecule has 0 aromatic heterocycles. The summed E-state index contributed by atoms with van der Waals surface area (Å²) in [5.74, 6) is 0. The van der Waals surface area contributed by atoms with Crippen molar-refractivity contribution >= 4 is 5.71 Å². The van der Waals surface area contributed by atoms with E-state index in [1.165, 1.54) is 0 Å². The zero-order valence-electron chi connectivity index (χ0n) is 5.59. The highest BCUT2D eigenvalue weighted by atomic mass is 16.6. The van der Waals surface area contributed by atoms with Crippen LogP contribution >= 0.6 is 0 Å². The van der Waals surface area contributed by atoms with Gasteiger partial charge in [-0.3, -0.25) is 0 Å². The van der Waals surface area contributed by atoms with Crippen molar-refractivity contribution < 1.29 is 4.84 Å². The molecule has 0 N–H and O–H groups in total. The van der Waals surface area contributed by atoms with Gasteiger partial charge in [0, 0.05) is 0 Å². The molecule has 0 atom stereocenters. The number of allylic oxidation sites excluding steroid dienone is 3. The Bertz CT molecular complexity index is 189. The van der Waals surface area contributed by atoms with Gasteiger partial charge >= 0.3 is 0 Å². The molecular formula is C7H9NO. The summed E-state index contributed by atoms with van der Waals surface area (Å²) < 4.78 is 0. The maximum absolute atomic E-state index is 4.73. The largest absolute Gasteiger partial charge is 0.365 e. The first kappa shape index (κ1) is 6.08. The van der Waals surface area contributed by atoms with E-state index in [0.29, 0.717) is 0 Å². The Labute approximate surface area is 54.5 Å². The van der Waals surface area contributed by atoms with Gasteiger partial charge in [0.1, 0.15) is 6.26 Å². The van der Waals surface area contributed by atoms with Crippen molar-refractivity contribution in [2.24, 2.45) is 5.16 Å². The van der Waals surface area contributed by atoms with Gasteiger partial charge in [-0.05, 0) is 25.5 Å². The topological polar surface area (TPSA) is 21.6 Å². The van der Waals surface area contributed by atoms with E-state index in [2.05, 4.69) is 5.16 Å². The zero-order valence-corrected chi connectivity index (χ0v) is 5.59. The fourth-order valence-corrected chi connectivity index (χ4v) is 0.521. The van der Waals surface area contributed by atoms with Crippen LogP contribution in [-0.4, -0.2) is 5.71 Å². The van der Waals surface area contributed by atoms with Crippen LogP contribution in [0.5, 0.6) is 0 Å². The summed E-state index contributed by atoms with van der Waals surface area (Å²) in [5, 5.41) is 3.77. The van der Waals surface area contributed by atoms with E-state index in [-0.39, 0.29) is 0 Å². The van der Waals surface area contributed by atoms with E-state index >= 15 is 0 Å². The molecule has 2 heteroatoms. The van der Waals surface area contributed by atoms with Crippen LogP contribution in [0.1, 0.15) is 13.8 Å². The predicted octanol–water partition coefficient (Wildman–Crippen LogP) is 1.85. The molecular weight excluding hydrogens is 114 g/mol. The average molecular weight is 123 g/mol. The zero-order chi connectivity index (χ0) is 6.69. The molecule has 1 aliphatic rings. The highest BCUT2D eigenvalue weighted by Crippen LogP contribution is 2.01. The van der Waals surface area contributed by atoms with Crippen LogP contribution in [0.2, 0.25) is 0 Å². The van der Waals surface area contributed by atoms with Crippen LogP contribution in [0.25, 0.3) is 0 Å². The Kier molecular flexibility index (Phi) is 1.68. The molecule has 0 aromatic carbocycles. The first-order valence-electron chi connectivity index (χ1n) is 2.85. The van der Waals surface area contributed by atoms with Gasteiger partial charge in [-0.1, -0.05) is 11.2 Å². The molecule has 48 valence electrons. The lowest BCUT2D eigenvalue weighted by molar-refractivity contribution is 0.269. The Morgan fingerprint density at radius 2 is 2.22 bits per heavy atom. The van der Waals surface area contributed by atoms with Crippen LogP contribution in [0.4, 0.5) is 0 Å². The fraction of sp³-hybridized carbons (Fsp3) is 0.286. The highest BCUT2D eigenvalue weighted by molar-refractivity contribution is 5.97. The molecule has 0 bridgehead atoms. The Morgan fingerprint density at radius 1 is 1.44 bits per heavy atom. The van der Waals surface area contributed by atoms with Crippen LogP contribution < -0.4 is 0 Å². The number of nitrogens with zero attached hydrogens (tertiary/aromatic N) is 1. The Morgan fingerprint density at radius 3 is 3.00 bits per heavy atom. The third-order valence-electron chi connectivity index (χ3n) is 1.25. The maximum Gasteiger partial charge on any atom is 0.122 e. The van der Waals surface area contributed by atoms with Gasteiger partial charge < -0.3 is 4.84 Å². The van der Waals surface area contributed by atoms with Gasteiger partial charge in [0.15, 0.2) is 0 Å². The molecule has 0 saturated heterocycles. The molecule has 0 aliphatic carbocycles. The second-order valence-corrected chi connectivity index (χ2v) is 1.96. The van der Waals surface area contributed by atoms with E-state index in [1.807, 2.05) is 26.0 Å². The smallest absolute Gasteiger partial charge is 0.122 e. The number of oxime groups is 1. The molecule has 2 nitrogen and oxygen atoms in total. The Balaban J connectivity index is 2.85. The van der Waals surface area contributed by atoms with Crippen LogP contribution in [0.3, 0.4) is 0 Å². The minimum Gasteiger partial charge on any atom is -0.365 e. The van der Waals surface area contributed by atoms with Crippen LogP contribution in [0, 0.1) is 0 Å². The lowest BCUT2D eigenvalue weighted by Crippen LogP contribution is -1.90. The molecule has 9 heavy (non-hydrogen) atoms. The van der Waals surface area contributed by atoms with Crippen molar-refractivity contribution in [2.75, 3.05) is 0 Å². The van der Waals surface area contributed by atoms with E-state index < -0.39 is 0 Å². The summed E-state index contributed by atoms with van der Waals surface area (Å²) >= 11 is 0. The monoisotopic (exact) mass is 123 g/mol. The molecule has 1 heterocycles. The van der Waals surface area contributed by atoms with E-state index in [1.54, 1.807) is 6.26 Å². The minimum atomic E-state index is 0.931. The molecule has 0 radical (unpaired) electrons. The van der Waals surface area contributed by atoms with Gasteiger partial charge in [-0.15, -0.1) is 0 Å². The normalized spacial score (nSPS) is 17.6. The van der Waals surface area contributed by atoms with Gasteiger partial charge in [0.05, 0.1) is 5.71 Å². The molecule has 0 amide bonds. The van der Waals surface area contributed by atoms with Crippen molar-refractivity contribution in [3.05, 3.63) is 24.0 Å². The van der Waals surface area contributed by atoms with Crippen molar-refractivity contribution in [1.29, 1.82) is 0 Å². The summed E-state index contributed by atoms with van der Waals surface area (Å²) in [6.07, 6.45) is 5.35. The van der Waals surface area contributed by atoms with Gasteiger partial charge in [-0.25, -0.2) is 0 Å². The van der Waals surface area contributed by atoms with Gasteiger partial charge in [-0.2, -0.15) is 0 Å². The predicted molar refractivity (Wildman–Crippen MR) is 37.1 cm³/mol. The highest BCUT2D eigenvalue weighted by Gasteiger charge is 1.94. The van der Waals surface area contributed by atoms with Crippen molar-refractivity contribution in [3.8, 4) is 0 Å². The first-order valence-corrected chi connectivity index (χ1v) is 2.85. The molecule has 0 fully saturated rings. The van der Waals surface area contributed by atoms with Crippen LogP contribution in [-0.2, 0) is 4.84 Å². The molecule has 0 saturated carbocycles. The van der Waals surface area contributed by atoms with Crippen molar-refractivity contribution in [1.82, 2.24) is 0 Å². The molecule has 1 aliphatic heterocycles. The quantitative estimate of drug-likeness (QED) is 0.481. The lowest BCUT2D eigenvalue weighted by Gasteiger charge is -1.92. The third-order valence-corrected chi connectivity index (χ3v) is 1.25. The summed E-state index contributed by atoms with van der Waals surface area (Å²) in [6, 6.07) is 0. The minimum absolute atomic E-state index is 0.931. The van der Waals surface area contributed by atoms with E-state index in [9.17, 15) is 0 Å². The molecule has 0 spiro atoms. The molecule has 1 rings (SSSR count). The van der Waals surface area contributed by atoms with Gasteiger partial charge in [0.2, 0.25) is 0 Å². The summed E-state index contributed by atoms with van der Waals surface area (Å²) in [4.78, 5) is 4.73. The second-order valence-electron chi connectivity index (χ2n) is 1.96. The third kappa shape index (κ3) is 1.42. The number of hydrogen-bond donors (Lipinski definition) is 0. The average Bonchev–Trinajstić information content (AvgIpc) is 1.99. The van der Waals surface area contributed by atoms with Crippen molar-refractivity contribution in [2.45, 2.75) is 13.8 Å². The number of rotatable bonds is 0. The number of hydrogen-bond acceptors (Lipinski definition) is 2. The Hall–Kier alpha value is -1.05. The molecule has 0 unspecified atom stereocenters. The summed E-state index contributed by atoms with van der Waals surface area (Å²) in [5.41, 5.74) is 2.07. The summed E-state index contributed by atoms with van der Waals surface area (Å²) in [7, 11) is 0. The lowest BCUT2D eigenvalue weighted by atomic mass is 10.2. The van der Waals surface area contributed by atoms with Crippen LogP contribution in [0.15, 0.2) is 29.1 Å². The van der Waals surface area contributed by atoms with Crippen molar-refractivity contribution in [3.63, 3.8) is 0 Å². The maximum atomic E-state index is 4.73. The first-order chi connectivity index (χ1) is 4.30. The standard InChI is InChI=1S/C7H9NO/c1-6-4-3-5-9-8-7(6)2/h3-5H,1-2H3.